The van der Waals surface area contributed by atoms with Gasteiger partial charge in [0, 0.05) is 12.4 Å². The van der Waals surface area contributed by atoms with E-state index in [1.807, 2.05) is 18.3 Å². The second-order valence-electron chi connectivity index (χ2n) is 4.18. The van der Waals surface area contributed by atoms with Gasteiger partial charge in [-0.1, -0.05) is 24.3 Å². The number of hydrogen-bond acceptors (Lipinski definition) is 3. The molecule has 0 fully saturated rings. The molecular formula is C14H17N3. The van der Waals surface area contributed by atoms with Crippen LogP contribution in [0.5, 0.6) is 0 Å². The molecule has 0 radical (unpaired) electrons. The van der Waals surface area contributed by atoms with Crippen LogP contribution in [0.4, 0.5) is 0 Å². The lowest BCUT2D eigenvalue weighted by atomic mass is 9.94. The number of benzene rings is 1. The van der Waals surface area contributed by atoms with Gasteiger partial charge in [-0.25, -0.2) is 5.43 Å². The van der Waals surface area contributed by atoms with Crippen LogP contribution < -0.4 is 11.3 Å². The largest absolute Gasteiger partial charge is 0.271 e. The molecule has 0 saturated carbocycles. The van der Waals surface area contributed by atoms with E-state index in [2.05, 4.69) is 42.5 Å². The second-order valence-corrected chi connectivity index (χ2v) is 4.18. The van der Waals surface area contributed by atoms with Gasteiger partial charge in [0.1, 0.15) is 0 Å². The molecule has 1 aromatic heterocycles. The fourth-order valence-corrected chi connectivity index (χ4v) is 2.00. The average molecular weight is 227 g/mol. The van der Waals surface area contributed by atoms with Gasteiger partial charge in [0.15, 0.2) is 0 Å². The van der Waals surface area contributed by atoms with Crippen molar-refractivity contribution in [3.8, 4) is 0 Å². The van der Waals surface area contributed by atoms with Crippen LogP contribution in [0.2, 0.25) is 0 Å². The first-order valence-electron chi connectivity index (χ1n) is 5.66. The van der Waals surface area contributed by atoms with E-state index in [1.54, 1.807) is 6.20 Å². The first kappa shape index (κ1) is 11.8. The Kier molecular flexibility index (Phi) is 3.52. The summed E-state index contributed by atoms with van der Waals surface area (Å²) < 4.78 is 0. The summed E-state index contributed by atoms with van der Waals surface area (Å²) >= 11 is 0. The first-order chi connectivity index (χ1) is 8.24. The zero-order valence-corrected chi connectivity index (χ0v) is 10.1. The highest BCUT2D eigenvalue weighted by atomic mass is 15.2. The molecule has 1 aromatic carbocycles. The lowest BCUT2D eigenvalue weighted by molar-refractivity contribution is 0.631. The van der Waals surface area contributed by atoms with E-state index in [-0.39, 0.29) is 6.04 Å². The SMILES string of the molecule is Cc1cccc(C(NN)c2cccnc2)c1C. The summed E-state index contributed by atoms with van der Waals surface area (Å²) in [4.78, 5) is 4.14. The molecule has 88 valence electrons. The van der Waals surface area contributed by atoms with Crippen molar-refractivity contribution in [2.45, 2.75) is 19.9 Å². The first-order valence-corrected chi connectivity index (χ1v) is 5.66. The predicted molar refractivity (Wildman–Crippen MR) is 69.3 cm³/mol. The zero-order chi connectivity index (χ0) is 12.3. The second kappa shape index (κ2) is 5.08. The van der Waals surface area contributed by atoms with Crippen LogP contribution in [-0.2, 0) is 0 Å². The van der Waals surface area contributed by atoms with Crippen LogP contribution in [0, 0.1) is 13.8 Å². The molecule has 1 unspecified atom stereocenters. The molecule has 0 aliphatic heterocycles. The molecule has 3 nitrogen and oxygen atoms in total. The fraction of sp³-hybridized carbons (Fsp3) is 0.214. The molecule has 3 heteroatoms. The number of aryl methyl sites for hydroxylation is 1. The summed E-state index contributed by atoms with van der Waals surface area (Å²) in [5, 5.41) is 0. The molecule has 1 atom stereocenters. The Morgan fingerprint density at radius 3 is 2.65 bits per heavy atom. The van der Waals surface area contributed by atoms with Gasteiger partial charge in [-0.15, -0.1) is 0 Å². The van der Waals surface area contributed by atoms with Gasteiger partial charge in [0.25, 0.3) is 0 Å². The van der Waals surface area contributed by atoms with Gasteiger partial charge in [-0.05, 0) is 42.2 Å². The maximum absolute atomic E-state index is 5.68. The van der Waals surface area contributed by atoms with Gasteiger partial charge >= 0.3 is 0 Å². The van der Waals surface area contributed by atoms with E-state index >= 15 is 0 Å². The number of aromatic nitrogens is 1. The van der Waals surface area contributed by atoms with Crippen LogP contribution in [0.25, 0.3) is 0 Å². The van der Waals surface area contributed by atoms with Gasteiger partial charge in [0.2, 0.25) is 0 Å². The molecule has 0 bridgehead atoms. The molecule has 0 aliphatic carbocycles. The summed E-state index contributed by atoms with van der Waals surface area (Å²) in [5.41, 5.74) is 7.66. The number of hydrazine groups is 1. The van der Waals surface area contributed by atoms with Crippen molar-refractivity contribution in [1.29, 1.82) is 0 Å². The zero-order valence-electron chi connectivity index (χ0n) is 10.1. The van der Waals surface area contributed by atoms with Gasteiger partial charge in [-0.3, -0.25) is 10.8 Å². The molecule has 0 aliphatic rings. The summed E-state index contributed by atoms with van der Waals surface area (Å²) in [6.45, 7) is 4.22. The minimum atomic E-state index is -0.0106. The predicted octanol–water partition coefficient (Wildman–Crippen LogP) is 2.25. The lowest BCUT2D eigenvalue weighted by Crippen LogP contribution is -2.29. The van der Waals surface area contributed by atoms with Crippen LogP contribution in [-0.4, -0.2) is 4.98 Å². The van der Waals surface area contributed by atoms with Crippen LogP contribution >= 0.6 is 0 Å². The summed E-state index contributed by atoms with van der Waals surface area (Å²) in [6.07, 6.45) is 3.60. The van der Waals surface area contributed by atoms with Crippen molar-refractivity contribution in [2.24, 2.45) is 5.84 Å². The molecule has 2 aromatic rings. The highest BCUT2D eigenvalue weighted by molar-refractivity contribution is 5.39. The summed E-state index contributed by atoms with van der Waals surface area (Å²) in [7, 11) is 0. The molecule has 3 N–H and O–H groups in total. The number of nitrogens with two attached hydrogens (primary N) is 1. The van der Waals surface area contributed by atoms with Crippen LogP contribution in [0.1, 0.15) is 28.3 Å². The minimum Gasteiger partial charge on any atom is -0.271 e. The van der Waals surface area contributed by atoms with E-state index in [9.17, 15) is 0 Å². The lowest BCUT2D eigenvalue weighted by Gasteiger charge is -2.19. The number of pyridine rings is 1. The normalized spacial score (nSPS) is 12.4. The number of hydrogen-bond donors (Lipinski definition) is 2. The molecule has 0 amide bonds. The highest BCUT2D eigenvalue weighted by Gasteiger charge is 2.15. The van der Waals surface area contributed by atoms with Crippen molar-refractivity contribution < 1.29 is 0 Å². The molecule has 2 rings (SSSR count). The molecular weight excluding hydrogens is 210 g/mol. The third-order valence-corrected chi connectivity index (χ3v) is 3.14. The summed E-state index contributed by atoms with van der Waals surface area (Å²) in [5.74, 6) is 5.68. The fourth-order valence-electron chi connectivity index (χ4n) is 2.00. The van der Waals surface area contributed by atoms with Crippen molar-refractivity contribution in [2.75, 3.05) is 0 Å². The van der Waals surface area contributed by atoms with Crippen LogP contribution in [0.3, 0.4) is 0 Å². The number of nitrogens with one attached hydrogen (secondary N) is 1. The van der Waals surface area contributed by atoms with Crippen molar-refractivity contribution in [3.63, 3.8) is 0 Å². The Morgan fingerprint density at radius 2 is 2.00 bits per heavy atom. The molecule has 17 heavy (non-hydrogen) atoms. The average Bonchev–Trinajstić information content (AvgIpc) is 2.37. The van der Waals surface area contributed by atoms with Gasteiger partial charge in [0.05, 0.1) is 6.04 Å². The standard InChI is InChI=1S/C14H17N3/c1-10-5-3-7-13(11(10)2)14(17-15)12-6-4-8-16-9-12/h3-9,14,17H,15H2,1-2H3. The number of rotatable bonds is 3. The van der Waals surface area contributed by atoms with Gasteiger partial charge < -0.3 is 0 Å². The van der Waals surface area contributed by atoms with Crippen molar-refractivity contribution >= 4 is 0 Å². The maximum Gasteiger partial charge on any atom is 0.0727 e. The molecule has 1 heterocycles. The van der Waals surface area contributed by atoms with Crippen molar-refractivity contribution in [1.82, 2.24) is 10.4 Å². The molecule has 0 saturated heterocycles. The van der Waals surface area contributed by atoms with Crippen molar-refractivity contribution in [3.05, 3.63) is 65.0 Å². The summed E-state index contributed by atoms with van der Waals surface area (Å²) in [6, 6.07) is 10.2. The Hall–Kier alpha value is -1.71. The highest BCUT2D eigenvalue weighted by Crippen LogP contribution is 2.25. The van der Waals surface area contributed by atoms with E-state index in [0.717, 1.165) is 5.56 Å². The third kappa shape index (κ3) is 2.35. The monoisotopic (exact) mass is 227 g/mol. The minimum absolute atomic E-state index is 0.0106. The van der Waals surface area contributed by atoms with E-state index in [1.165, 1.54) is 16.7 Å². The van der Waals surface area contributed by atoms with Crippen LogP contribution in [0.15, 0.2) is 42.7 Å². The van der Waals surface area contributed by atoms with Gasteiger partial charge in [-0.2, -0.15) is 0 Å². The maximum atomic E-state index is 5.68. The Bertz CT molecular complexity index is 494. The van der Waals surface area contributed by atoms with E-state index < -0.39 is 0 Å². The quantitative estimate of drug-likeness (QED) is 0.624. The smallest absolute Gasteiger partial charge is 0.0727 e. The third-order valence-electron chi connectivity index (χ3n) is 3.14. The topological polar surface area (TPSA) is 50.9 Å². The van der Waals surface area contributed by atoms with E-state index in [0.29, 0.717) is 0 Å². The van der Waals surface area contributed by atoms with E-state index in [4.69, 9.17) is 5.84 Å². The Labute approximate surface area is 102 Å². The molecule has 0 spiro atoms. The number of nitrogens with zero attached hydrogens (tertiary/aromatic N) is 1. The Balaban J connectivity index is 2.46. The Morgan fingerprint density at radius 1 is 1.18 bits per heavy atom.